The minimum absolute atomic E-state index is 0.473. The molecule has 0 aliphatic carbocycles. The lowest BCUT2D eigenvalue weighted by molar-refractivity contribution is 0.564. The first kappa shape index (κ1) is 14.3. The molecule has 0 saturated carbocycles. The van der Waals surface area contributed by atoms with Gasteiger partial charge < -0.3 is 9.88 Å². The Kier molecular flexibility index (Phi) is 7.02. The largest absolute Gasteiger partial charge is 0.354 e. The molecular weight excluding hydrogens is 208 g/mol. The summed E-state index contributed by atoms with van der Waals surface area (Å²) < 4.78 is 2.33. The molecule has 17 heavy (non-hydrogen) atoms. The molecule has 0 aromatic carbocycles. The topological polar surface area (TPSA) is 17.0 Å². The third-order valence-corrected chi connectivity index (χ3v) is 3.30. The van der Waals surface area contributed by atoms with Gasteiger partial charge in [0.05, 0.1) is 0 Å². The van der Waals surface area contributed by atoms with Gasteiger partial charge in [0, 0.05) is 25.0 Å². The van der Waals surface area contributed by atoms with Crippen LogP contribution in [0.5, 0.6) is 0 Å². The number of unbranched alkanes of at least 4 members (excludes halogenated alkanes) is 4. The van der Waals surface area contributed by atoms with E-state index in [-0.39, 0.29) is 0 Å². The lowest BCUT2D eigenvalue weighted by atomic mass is 10.1. The van der Waals surface area contributed by atoms with E-state index in [2.05, 4.69) is 49.1 Å². The van der Waals surface area contributed by atoms with Crippen molar-refractivity contribution in [2.45, 2.75) is 65.5 Å². The highest BCUT2D eigenvalue weighted by Gasteiger charge is 2.04. The molecular formula is C15H28N2. The quantitative estimate of drug-likeness (QED) is 0.638. The minimum Gasteiger partial charge on any atom is -0.354 e. The molecule has 1 rings (SSSR count). The molecule has 1 N–H and O–H groups in total. The smallest absolute Gasteiger partial charge is 0.0306 e. The van der Waals surface area contributed by atoms with Gasteiger partial charge in [-0.1, -0.05) is 39.5 Å². The lowest BCUT2D eigenvalue weighted by Crippen LogP contribution is -2.17. The van der Waals surface area contributed by atoms with Gasteiger partial charge in [0.2, 0.25) is 0 Å². The van der Waals surface area contributed by atoms with Gasteiger partial charge in [0.15, 0.2) is 0 Å². The average molecular weight is 236 g/mol. The first-order valence-electron chi connectivity index (χ1n) is 7.17. The summed E-state index contributed by atoms with van der Waals surface area (Å²) in [5.41, 5.74) is 1.40. The van der Waals surface area contributed by atoms with Crippen molar-refractivity contribution in [2.24, 2.45) is 0 Å². The van der Waals surface area contributed by atoms with Crippen LogP contribution in [0.2, 0.25) is 0 Å². The highest BCUT2D eigenvalue weighted by molar-refractivity contribution is 5.14. The van der Waals surface area contributed by atoms with Crippen LogP contribution < -0.4 is 5.32 Å². The van der Waals surface area contributed by atoms with E-state index in [9.17, 15) is 0 Å². The molecule has 2 heteroatoms. The number of nitrogens with zero attached hydrogens (tertiary/aromatic N) is 1. The van der Waals surface area contributed by atoms with Crippen molar-refractivity contribution in [2.75, 3.05) is 6.54 Å². The van der Waals surface area contributed by atoms with E-state index in [1.165, 1.54) is 44.2 Å². The van der Waals surface area contributed by atoms with E-state index in [1.54, 1.807) is 0 Å². The van der Waals surface area contributed by atoms with Gasteiger partial charge in [0.25, 0.3) is 0 Å². The summed E-state index contributed by atoms with van der Waals surface area (Å²) >= 11 is 0. The Bertz CT molecular complexity index is 291. The number of rotatable bonds is 9. The Labute approximate surface area is 106 Å². The first-order chi connectivity index (χ1) is 8.27. The zero-order valence-electron chi connectivity index (χ0n) is 11.7. The van der Waals surface area contributed by atoms with Gasteiger partial charge in [-0.25, -0.2) is 0 Å². The van der Waals surface area contributed by atoms with Crippen molar-refractivity contribution in [1.82, 2.24) is 9.88 Å². The Hall–Kier alpha value is -0.760. The number of hydrogen-bond acceptors (Lipinski definition) is 1. The second-order valence-electron chi connectivity index (χ2n) is 4.88. The Morgan fingerprint density at radius 1 is 1.18 bits per heavy atom. The summed E-state index contributed by atoms with van der Waals surface area (Å²) in [6.07, 6.45) is 11.3. The zero-order valence-corrected chi connectivity index (χ0v) is 11.7. The van der Waals surface area contributed by atoms with Gasteiger partial charge in [-0.2, -0.15) is 0 Å². The van der Waals surface area contributed by atoms with Crippen LogP contribution in [0.3, 0.4) is 0 Å². The summed E-state index contributed by atoms with van der Waals surface area (Å²) in [6.45, 7) is 8.85. The number of hydrogen-bond donors (Lipinski definition) is 1. The van der Waals surface area contributed by atoms with Crippen molar-refractivity contribution < 1.29 is 0 Å². The third-order valence-electron chi connectivity index (χ3n) is 3.30. The van der Waals surface area contributed by atoms with Crippen molar-refractivity contribution in [1.29, 1.82) is 0 Å². The molecule has 98 valence electrons. The molecule has 2 nitrogen and oxygen atoms in total. The van der Waals surface area contributed by atoms with Gasteiger partial charge >= 0.3 is 0 Å². The molecule has 0 aliphatic heterocycles. The maximum Gasteiger partial charge on any atom is 0.0306 e. The molecule has 0 amide bonds. The second-order valence-corrected chi connectivity index (χ2v) is 4.88. The number of aryl methyl sites for hydroxylation is 1. The van der Waals surface area contributed by atoms with Crippen LogP contribution in [0.1, 0.15) is 64.5 Å². The molecule has 0 spiro atoms. The van der Waals surface area contributed by atoms with Crippen LogP contribution >= 0.6 is 0 Å². The zero-order chi connectivity index (χ0) is 12.5. The van der Waals surface area contributed by atoms with Crippen molar-refractivity contribution in [3.63, 3.8) is 0 Å². The maximum absolute atomic E-state index is 3.45. The monoisotopic (exact) mass is 236 g/mol. The molecule has 0 bridgehead atoms. The van der Waals surface area contributed by atoms with Gasteiger partial charge in [-0.15, -0.1) is 0 Å². The van der Waals surface area contributed by atoms with E-state index >= 15 is 0 Å². The molecule has 0 radical (unpaired) electrons. The van der Waals surface area contributed by atoms with Crippen LogP contribution in [0, 0.1) is 0 Å². The number of aromatic nitrogens is 1. The summed E-state index contributed by atoms with van der Waals surface area (Å²) in [4.78, 5) is 0. The van der Waals surface area contributed by atoms with Gasteiger partial charge in [-0.05, 0) is 31.5 Å². The predicted octanol–water partition coefficient (Wildman–Crippen LogP) is 4.13. The van der Waals surface area contributed by atoms with E-state index in [1.807, 2.05) is 0 Å². The van der Waals surface area contributed by atoms with Crippen LogP contribution in [0.15, 0.2) is 18.5 Å². The van der Waals surface area contributed by atoms with Crippen LogP contribution in [-0.2, 0) is 6.54 Å². The van der Waals surface area contributed by atoms with Crippen molar-refractivity contribution in [3.8, 4) is 0 Å². The van der Waals surface area contributed by atoms with Crippen molar-refractivity contribution >= 4 is 0 Å². The summed E-state index contributed by atoms with van der Waals surface area (Å²) in [5.74, 6) is 0. The van der Waals surface area contributed by atoms with E-state index < -0.39 is 0 Å². The van der Waals surface area contributed by atoms with Gasteiger partial charge in [0.1, 0.15) is 0 Å². The second kappa shape index (κ2) is 8.35. The molecule has 1 atom stereocenters. The van der Waals surface area contributed by atoms with Crippen LogP contribution in [0.4, 0.5) is 0 Å². The SMILES string of the molecule is CCCCCCCn1ccc(C(C)NCC)c1. The van der Waals surface area contributed by atoms with Crippen LogP contribution in [-0.4, -0.2) is 11.1 Å². The number of nitrogens with one attached hydrogen (secondary N) is 1. The van der Waals surface area contributed by atoms with Crippen LogP contribution in [0.25, 0.3) is 0 Å². The summed E-state index contributed by atoms with van der Waals surface area (Å²) in [7, 11) is 0. The molecule has 1 heterocycles. The molecule has 0 aliphatic rings. The third kappa shape index (κ3) is 5.40. The maximum atomic E-state index is 3.45. The normalized spacial score (nSPS) is 12.9. The Morgan fingerprint density at radius 3 is 2.65 bits per heavy atom. The van der Waals surface area contributed by atoms with E-state index in [0.29, 0.717) is 6.04 Å². The first-order valence-corrected chi connectivity index (χ1v) is 7.17. The molecule has 0 saturated heterocycles. The molecule has 0 fully saturated rings. The highest BCUT2D eigenvalue weighted by Crippen LogP contribution is 2.13. The van der Waals surface area contributed by atoms with Gasteiger partial charge in [-0.3, -0.25) is 0 Å². The molecule has 1 aromatic heterocycles. The Morgan fingerprint density at radius 2 is 1.94 bits per heavy atom. The fraction of sp³-hybridized carbons (Fsp3) is 0.733. The van der Waals surface area contributed by atoms with E-state index in [4.69, 9.17) is 0 Å². The molecule has 1 aromatic rings. The lowest BCUT2D eigenvalue weighted by Gasteiger charge is -2.09. The molecule has 1 unspecified atom stereocenters. The van der Waals surface area contributed by atoms with E-state index in [0.717, 1.165) is 6.54 Å². The standard InChI is InChI=1S/C15H28N2/c1-4-6-7-8-9-11-17-12-10-15(13-17)14(3)16-5-2/h10,12-14,16H,4-9,11H2,1-3H3. The highest BCUT2D eigenvalue weighted by atomic mass is 15.0. The predicted molar refractivity (Wildman–Crippen MR) is 75.3 cm³/mol. The Balaban J connectivity index is 2.25. The average Bonchev–Trinajstić information content (AvgIpc) is 2.78. The summed E-state index contributed by atoms with van der Waals surface area (Å²) in [6, 6.07) is 2.71. The fourth-order valence-electron chi connectivity index (χ4n) is 2.18. The minimum atomic E-state index is 0.473. The summed E-state index contributed by atoms with van der Waals surface area (Å²) in [5, 5.41) is 3.45. The fourth-order valence-corrected chi connectivity index (χ4v) is 2.18. The van der Waals surface area contributed by atoms with Crippen molar-refractivity contribution in [3.05, 3.63) is 24.0 Å².